The van der Waals surface area contributed by atoms with Crippen molar-refractivity contribution in [2.75, 3.05) is 4.90 Å². The molecule has 28 heavy (non-hydrogen) atoms. The summed E-state index contributed by atoms with van der Waals surface area (Å²) in [4.78, 5) is 17.2. The van der Waals surface area contributed by atoms with Crippen LogP contribution in [0.15, 0.2) is 30.3 Å². The Morgan fingerprint density at radius 1 is 0.821 bits per heavy atom. The van der Waals surface area contributed by atoms with Crippen molar-refractivity contribution in [3.63, 3.8) is 0 Å². The second-order valence-corrected chi connectivity index (χ2v) is 10.1. The molecule has 4 bridgehead atoms. The number of nitrogens with zero attached hydrogens (tertiary/aromatic N) is 2. The Hall–Kier alpha value is -1.06. The van der Waals surface area contributed by atoms with Gasteiger partial charge in [-0.2, -0.15) is 0 Å². The molecule has 2 aliphatic heterocycles. The van der Waals surface area contributed by atoms with E-state index in [0.29, 0.717) is 12.1 Å². The predicted molar refractivity (Wildman–Crippen MR) is 115 cm³/mol. The molecule has 0 spiro atoms. The van der Waals surface area contributed by atoms with Crippen molar-refractivity contribution in [2.45, 2.75) is 94.8 Å². The number of carbonyl (C=O) groups is 1. The fraction of sp³-hybridized carbons (Fsp3) is 0.708. The summed E-state index contributed by atoms with van der Waals surface area (Å²) in [6, 6.07) is 12.3. The van der Waals surface area contributed by atoms with Crippen LogP contribution >= 0.6 is 11.6 Å². The predicted octanol–water partition coefficient (Wildman–Crippen LogP) is 6.21. The molecule has 152 valence electrons. The van der Waals surface area contributed by atoms with Crippen LogP contribution in [-0.4, -0.2) is 34.4 Å². The van der Waals surface area contributed by atoms with Crippen molar-refractivity contribution in [2.24, 2.45) is 11.8 Å². The molecule has 2 saturated carbocycles. The van der Waals surface area contributed by atoms with Gasteiger partial charge in [-0.1, -0.05) is 43.9 Å². The maximum absolute atomic E-state index is 12.4. The van der Waals surface area contributed by atoms with E-state index < -0.39 is 0 Å². The average molecular weight is 401 g/mol. The molecule has 1 aromatic rings. The van der Waals surface area contributed by atoms with Crippen LogP contribution in [0.3, 0.4) is 0 Å². The summed E-state index contributed by atoms with van der Waals surface area (Å²) in [5.74, 6) is 1.95. The number of para-hydroxylation sites is 1. The highest BCUT2D eigenvalue weighted by atomic mass is 35.5. The smallest absolute Gasteiger partial charge is 0.296 e. The van der Waals surface area contributed by atoms with Crippen LogP contribution in [0, 0.1) is 11.8 Å². The first kappa shape index (κ1) is 18.9. The summed E-state index contributed by atoms with van der Waals surface area (Å²) in [5.41, 5.74) is 0.950. The monoisotopic (exact) mass is 400 g/mol. The van der Waals surface area contributed by atoms with Crippen LogP contribution in [-0.2, 0) is 0 Å². The minimum absolute atomic E-state index is 0.238. The van der Waals surface area contributed by atoms with E-state index in [9.17, 15) is 4.79 Å². The fourth-order valence-corrected chi connectivity index (χ4v) is 7.42. The largest absolute Gasteiger partial charge is 0.321 e. The van der Waals surface area contributed by atoms with Gasteiger partial charge in [-0.15, -0.1) is 0 Å². The number of hydrogen-bond donors (Lipinski definition) is 0. The van der Waals surface area contributed by atoms with Gasteiger partial charge in [-0.05, 0) is 80.5 Å². The van der Waals surface area contributed by atoms with E-state index in [4.69, 9.17) is 11.6 Å². The molecule has 2 heterocycles. The van der Waals surface area contributed by atoms with Gasteiger partial charge in [0, 0.05) is 29.9 Å². The average Bonchev–Trinajstić information content (AvgIpc) is 2.67. The van der Waals surface area contributed by atoms with Gasteiger partial charge in [0.25, 0.3) is 0 Å². The third-order valence-corrected chi connectivity index (χ3v) is 8.30. The Labute approximate surface area is 174 Å². The highest BCUT2D eigenvalue weighted by Crippen LogP contribution is 2.46. The Balaban J connectivity index is 1.36. The zero-order chi connectivity index (χ0) is 19.1. The second-order valence-electron chi connectivity index (χ2n) is 9.79. The first-order valence-corrected chi connectivity index (χ1v) is 11.9. The van der Waals surface area contributed by atoms with Crippen molar-refractivity contribution in [1.82, 2.24) is 4.90 Å². The van der Waals surface area contributed by atoms with E-state index in [1.54, 1.807) is 0 Å². The second kappa shape index (κ2) is 7.99. The minimum Gasteiger partial charge on any atom is -0.296 e. The summed E-state index contributed by atoms with van der Waals surface area (Å²) in [6.07, 6.45) is 14.8. The van der Waals surface area contributed by atoms with Gasteiger partial charge in [0.2, 0.25) is 0 Å². The third kappa shape index (κ3) is 3.61. The van der Waals surface area contributed by atoms with Gasteiger partial charge < -0.3 is 0 Å². The lowest BCUT2D eigenvalue weighted by Gasteiger charge is -2.56. The molecule has 1 amide bonds. The quantitative estimate of drug-likeness (QED) is 0.445. The van der Waals surface area contributed by atoms with Crippen molar-refractivity contribution in [3.05, 3.63) is 30.3 Å². The van der Waals surface area contributed by atoms with Gasteiger partial charge in [-0.3, -0.25) is 14.6 Å². The maximum atomic E-state index is 12.4. The highest BCUT2D eigenvalue weighted by molar-refractivity contribution is 6.66. The van der Waals surface area contributed by atoms with E-state index in [0.717, 1.165) is 36.4 Å². The van der Waals surface area contributed by atoms with Crippen molar-refractivity contribution < 1.29 is 4.79 Å². The molecule has 4 aliphatic rings. The minimum atomic E-state index is -0.324. The molecule has 4 fully saturated rings. The van der Waals surface area contributed by atoms with Crippen molar-refractivity contribution in [1.29, 1.82) is 0 Å². The standard InChI is InChI=1S/C24H33ClN2O/c25-24(28)27(19-8-2-1-3-9-19)23-15-20-10-5-11-21(16-23)26(20)22-13-17-6-4-7-18(12-17)14-22/h1-3,8-9,17-18,20-23H,4-7,10-16H2/t17-,18+,20-,21+,22+,23+. The SMILES string of the molecule is O=C(Cl)N(c1ccccc1)[C@H]1C[C@H]2CCC[C@@H](C1)N2[C@H]1C[C@@H]2CCC[C@@H](C2)C1. The Bertz CT molecular complexity index is 669. The number of carbonyl (C=O) groups excluding carboxylic acids is 1. The first-order valence-electron chi connectivity index (χ1n) is 11.5. The summed E-state index contributed by atoms with van der Waals surface area (Å²) in [7, 11) is 0. The molecule has 2 saturated heterocycles. The van der Waals surface area contributed by atoms with E-state index in [-0.39, 0.29) is 11.4 Å². The molecule has 0 aromatic heterocycles. The number of anilines is 1. The van der Waals surface area contributed by atoms with E-state index in [2.05, 4.69) is 4.90 Å². The molecular formula is C24H33ClN2O. The molecule has 6 atom stereocenters. The summed E-state index contributed by atoms with van der Waals surface area (Å²) in [5, 5.41) is -0.324. The van der Waals surface area contributed by atoms with Crippen LogP contribution < -0.4 is 4.90 Å². The van der Waals surface area contributed by atoms with Crippen LogP contribution in [0.1, 0.15) is 70.6 Å². The lowest BCUT2D eigenvalue weighted by molar-refractivity contribution is -0.0400. The van der Waals surface area contributed by atoms with Gasteiger partial charge in [0.1, 0.15) is 0 Å². The van der Waals surface area contributed by atoms with Crippen LogP contribution in [0.25, 0.3) is 0 Å². The lowest BCUT2D eigenvalue weighted by Crippen LogP contribution is -2.61. The molecule has 0 N–H and O–H groups in total. The lowest BCUT2D eigenvalue weighted by atomic mass is 9.68. The highest BCUT2D eigenvalue weighted by Gasteiger charge is 2.46. The van der Waals surface area contributed by atoms with Gasteiger partial charge >= 0.3 is 5.37 Å². The van der Waals surface area contributed by atoms with E-state index in [1.165, 1.54) is 57.8 Å². The molecule has 3 nitrogen and oxygen atoms in total. The maximum Gasteiger partial charge on any atom is 0.321 e. The van der Waals surface area contributed by atoms with Crippen LogP contribution in [0.2, 0.25) is 0 Å². The van der Waals surface area contributed by atoms with E-state index >= 15 is 0 Å². The number of rotatable bonds is 3. The zero-order valence-electron chi connectivity index (χ0n) is 16.8. The number of amides is 1. The number of hydrogen-bond acceptors (Lipinski definition) is 2. The molecular weight excluding hydrogens is 368 g/mol. The molecule has 0 unspecified atom stereocenters. The zero-order valence-corrected chi connectivity index (χ0v) is 17.6. The van der Waals surface area contributed by atoms with Gasteiger partial charge in [0.05, 0.1) is 0 Å². The molecule has 4 heteroatoms. The van der Waals surface area contributed by atoms with Gasteiger partial charge in [-0.25, -0.2) is 0 Å². The van der Waals surface area contributed by atoms with Crippen LogP contribution in [0.5, 0.6) is 0 Å². The number of benzene rings is 1. The van der Waals surface area contributed by atoms with E-state index in [1.807, 2.05) is 35.2 Å². The number of fused-ring (bicyclic) bond motifs is 4. The Morgan fingerprint density at radius 3 is 2.04 bits per heavy atom. The molecule has 0 radical (unpaired) electrons. The summed E-state index contributed by atoms with van der Waals surface area (Å²) >= 11 is 6.09. The van der Waals surface area contributed by atoms with Crippen LogP contribution in [0.4, 0.5) is 10.5 Å². The summed E-state index contributed by atoms with van der Waals surface area (Å²) < 4.78 is 0. The van der Waals surface area contributed by atoms with Crippen molar-refractivity contribution >= 4 is 22.7 Å². The third-order valence-electron chi connectivity index (χ3n) is 8.12. The molecule has 2 aliphatic carbocycles. The van der Waals surface area contributed by atoms with Gasteiger partial charge in [0.15, 0.2) is 0 Å². The Kier molecular flexibility index (Phi) is 5.40. The Morgan fingerprint density at radius 2 is 1.43 bits per heavy atom. The summed E-state index contributed by atoms with van der Waals surface area (Å²) in [6.45, 7) is 0. The topological polar surface area (TPSA) is 23.6 Å². The molecule has 1 aromatic carbocycles. The fourth-order valence-electron chi connectivity index (χ4n) is 7.18. The normalized spacial score (nSPS) is 38.0. The molecule has 5 rings (SSSR count). The van der Waals surface area contributed by atoms with Crippen molar-refractivity contribution in [3.8, 4) is 0 Å². The number of halogens is 1. The number of piperidine rings is 2. The first-order chi connectivity index (χ1) is 13.7.